The maximum absolute atomic E-state index is 13.6. The molecule has 37 heavy (non-hydrogen) atoms. The molecule has 2 aliphatic rings. The number of hydrogen-bond acceptors (Lipinski definition) is 6. The molecule has 0 aromatic heterocycles. The molecule has 7 heteroatoms. The number of esters is 1. The van der Waals surface area contributed by atoms with Gasteiger partial charge in [0.05, 0.1) is 10.5 Å². The number of rotatable bonds is 6. The number of Topliss-reactive ketones (excluding diaryl/α,β-unsaturated/α-hetero) is 1. The Morgan fingerprint density at radius 1 is 0.946 bits per heavy atom. The minimum atomic E-state index is -0.676. The van der Waals surface area contributed by atoms with Crippen molar-refractivity contribution in [1.82, 2.24) is 5.32 Å². The highest BCUT2D eigenvalue weighted by atomic mass is 16.6. The normalized spacial score (nSPS) is 19.2. The Morgan fingerprint density at radius 3 is 2.24 bits per heavy atom. The smallest absolute Gasteiger partial charge is 0.337 e. The third kappa shape index (κ3) is 4.93. The number of carbonyl (C=O) groups is 2. The summed E-state index contributed by atoms with van der Waals surface area (Å²) in [6.45, 7) is 1.90. The lowest BCUT2D eigenvalue weighted by atomic mass is 9.71. The first-order valence-corrected chi connectivity index (χ1v) is 12.2. The minimum absolute atomic E-state index is 0.0249. The van der Waals surface area contributed by atoms with Crippen molar-refractivity contribution in [1.29, 1.82) is 0 Å². The third-order valence-corrected chi connectivity index (χ3v) is 6.97. The second-order valence-corrected chi connectivity index (χ2v) is 9.34. The molecule has 1 heterocycles. The number of non-ortho nitro benzene ring substituents is 1. The number of nitrogens with zero attached hydrogens (tertiary/aromatic N) is 1. The zero-order valence-corrected chi connectivity index (χ0v) is 20.3. The summed E-state index contributed by atoms with van der Waals surface area (Å²) in [7, 11) is 0. The second kappa shape index (κ2) is 10.2. The van der Waals surface area contributed by atoms with Gasteiger partial charge in [-0.3, -0.25) is 14.9 Å². The molecule has 3 aromatic rings. The molecule has 7 nitrogen and oxygen atoms in total. The van der Waals surface area contributed by atoms with Crippen LogP contribution in [0.2, 0.25) is 0 Å². The van der Waals surface area contributed by atoms with Gasteiger partial charge in [-0.2, -0.15) is 0 Å². The molecule has 1 aliphatic carbocycles. The number of carbonyl (C=O) groups excluding carboxylic acids is 2. The Balaban J connectivity index is 1.52. The van der Waals surface area contributed by atoms with Gasteiger partial charge in [-0.05, 0) is 36.0 Å². The molecule has 0 bridgehead atoms. The quantitative estimate of drug-likeness (QED) is 0.268. The number of nitro benzene ring substituents is 1. The first kappa shape index (κ1) is 24.2. The molecule has 0 fully saturated rings. The average molecular weight is 495 g/mol. The third-order valence-electron chi connectivity index (χ3n) is 6.97. The lowest BCUT2D eigenvalue weighted by molar-refractivity contribution is -0.384. The summed E-state index contributed by atoms with van der Waals surface area (Å²) >= 11 is 0. The van der Waals surface area contributed by atoms with E-state index < -0.39 is 16.8 Å². The largest absolute Gasteiger partial charge is 0.457 e. The highest BCUT2D eigenvalue weighted by Crippen LogP contribution is 2.46. The Labute approximate surface area is 214 Å². The van der Waals surface area contributed by atoms with Crippen molar-refractivity contribution in [3.05, 3.63) is 134 Å². The Bertz CT molecular complexity index is 1410. The van der Waals surface area contributed by atoms with Crippen LogP contribution in [0.1, 0.15) is 48.3 Å². The van der Waals surface area contributed by atoms with E-state index in [-0.39, 0.29) is 24.0 Å². The van der Waals surface area contributed by atoms with Crippen molar-refractivity contribution in [2.24, 2.45) is 0 Å². The summed E-state index contributed by atoms with van der Waals surface area (Å²) in [5, 5.41) is 14.6. The van der Waals surface area contributed by atoms with Crippen LogP contribution in [0.25, 0.3) is 0 Å². The van der Waals surface area contributed by atoms with Crippen LogP contribution in [0, 0.1) is 10.1 Å². The van der Waals surface area contributed by atoms with Crippen molar-refractivity contribution in [3.8, 4) is 0 Å². The van der Waals surface area contributed by atoms with Gasteiger partial charge in [0.15, 0.2) is 5.78 Å². The van der Waals surface area contributed by atoms with E-state index in [1.165, 1.54) is 12.1 Å². The van der Waals surface area contributed by atoms with Gasteiger partial charge in [0.1, 0.15) is 6.61 Å². The van der Waals surface area contributed by atoms with Gasteiger partial charge in [-0.1, -0.05) is 72.8 Å². The van der Waals surface area contributed by atoms with Crippen LogP contribution in [0.3, 0.4) is 0 Å². The van der Waals surface area contributed by atoms with Gasteiger partial charge in [-0.15, -0.1) is 0 Å². The van der Waals surface area contributed by atoms with E-state index in [2.05, 4.69) is 5.32 Å². The van der Waals surface area contributed by atoms with E-state index in [1.54, 1.807) is 19.1 Å². The molecule has 2 atom stereocenters. The number of hydrogen-bond donors (Lipinski definition) is 1. The summed E-state index contributed by atoms with van der Waals surface area (Å²) in [6.07, 6.45) is 0.942. The lowest BCUT2D eigenvalue weighted by Gasteiger charge is -2.36. The molecule has 0 amide bonds. The number of benzene rings is 3. The molecule has 0 saturated carbocycles. The number of ketones is 1. The molecule has 186 valence electrons. The molecule has 3 aromatic carbocycles. The predicted molar refractivity (Wildman–Crippen MR) is 138 cm³/mol. The number of nitrogens with one attached hydrogen (secondary N) is 1. The summed E-state index contributed by atoms with van der Waals surface area (Å²) < 4.78 is 5.68. The average Bonchev–Trinajstić information content (AvgIpc) is 2.92. The first-order chi connectivity index (χ1) is 17.9. The van der Waals surface area contributed by atoms with E-state index in [9.17, 15) is 19.7 Å². The fourth-order valence-corrected chi connectivity index (χ4v) is 5.19. The fraction of sp³-hybridized carbons (Fsp3) is 0.200. The van der Waals surface area contributed by atoms with Crippen molar-refractivity contribution in [3.63, 3.8) is 0 Å². The molecule has 5 rings (SSSR count). The van der Waals surface area contributed by atoms with Crippen LogP contribution in [0.15, 0.2) is 107 Å². The molecule has 0 unspecified atom stereocenters. The second-order valence-electron chi connectivity index (χ2n) is 9.34. The Kier molecular flexibility index (Phi) is 6.68. The van der Waals surface area contributed by atoms with Gasteiger partial charge in [0.25, 0.3) is 5.69 Å². The zero-order valence-electron chi connectivity index (χ0n) is 20.3. The number of allylic oxidation sites excluding steroid dienone is 3. The van der Waals surface area contributed by atoms with Gasteiger partial charge in [0, 0.05) is 41.4 Å². The van der Waals surface area contributed by atoms with Crippen LogP contribution in [-0.2, 0) is 20.9 Å². The molecule has 1 N–H and O–H groups in total. The predicted octanol–water partition coefficient (Wildman–Crippen LogP) is 5.70. The van der Waals surface area contributed by atoms with Crippen molar-refractivity contribution in [2.75, 3.05) is 0 Å². The Hall–Kier alpha value is -4.52. The van der Waals surface area contributed by atoms with Crippen LogP contribution < -0.4 is 5.32 Å². The summed E-state index contributed by atoms with van der Waals surface area (Å²) in [6, 6.07) is 25.3. The fourth-order valence-electron chi connectivity index (χ4n) is 5.19. The molecule has 0 saturated heterocycles. The topological polar surface area (TPSA) is 98.5 Å². The molecule has 1 aliphatic heterocycles. The molecule has 0 radical (unpaired) electrons. The number of dihydropyridines is 1. The standard InChI is InChI=1S/C30H26N2O5/c1-19-27(30(34)37-18-20-8-4-2-5-9-20)28(22-12-14-24(15-13-22)32(35)36)29-25(31-19)16-23(17-26(29)33)21-10-6-3-7-11-21/h2-15,23,28,31H,16-18H2,1H3/t23-,28+/m0/s1. The molecular weight excluding hydrogens is 468 g/mol. The maximum atomic E-state index is 13.6. The zero-order chi connectivity index (χ0) is 25.9. The van der Waals surface area contributed by atoms with E-state index in [0.29, 0.717) is 35.2 Å². The van der Waals surface area contributed by atoms with Gasteiger partial charge in [0.2, 0.25) is 0 Å². The van der Waals surface area contributed by atoms with Crippen LogP contribution in [0.4, 0.5) is 5.69 Å². The van der Waals surface area contributed by atoms with Gasteiger partial charge >= 0.3 is 5.97 Å². The lowest BCUT2D eigenvalue weighted by Crippen LogP contribution is -2.36. The van der Waals surface area contributed by atoms with Crippen molar-refractivity contribution in [2.45, 2.75) is 38.2 Å². The van der Waals surface area contributed by atoms with Crippen molar-refractivity contribution >= 4 is 17.4 Å². The van der Waals surface area contributed by atoms with Crippen molar-refractivity contribution < 1.29 is 19.2 Å². The number of ether oxygens (including phenoxy) is 1. The summed E-state index contributed by atoms with van der Waals surface area (Å²) in [4.78, 5) is 37.9. The maximum Gasteiger partial charge on any atom is 0.337 e. The monoisotopic (exact) mass is 494 g/mol. The van der Waals surface area contributed by atoms with Crippen LogP contribution >= 0.6 is 0 Å². The highest BCUT2D eigenvalue weighted by Gasteiger charge is 2.41. The SMILES string of the molecule is CC1=C(C(=O)OCc2ccccc2)[C@@H](c2ccc([N+](=O)[O-])cc2)C2=C(C[C@H](c3ccccc3)CC2=O)N1. The van der Waals surface area contributed by atoms with Crippen LogP contribution in [-0.4, -0.2) is 16.7 Å². The van der Waals surface area contributed by atoms with E-state index in [1.807, 2.05) is 60.7 Å². The van der Waals surface area contributed by atoms with E-state index in [4.69, 9.17) is 4.74 Å². The number of nitro groups is 1. The summed E-state index contributed by atoms with van der Waals surface area (Å²) in [5.74, 6) is -1.23. The Morgan fingerprint density at radius 2 is 1.59 bits per heavy atom. The highest BCUT2D eigenvalue weighted by molar-refractivity contribution is 6.04. The first-order valence-electron chi connectivity index (χ1n) is 12.2. The van der Waals surface area contributed by atoms with Gasteiger partial charge < -0.3 is 10.1 Å². The van der Waals surface area contributed by atoms with Crippen LogP contribution in [0.5, 0.6) is 0 Å². The molecular formula is C30H26N2O5. The minimum Gasteiger partial charge on any atom is -0.457 e. The van der Waals surface area contributed by atoms with E-state index in [0.717, 1.165) is 16.8 Å². The van der Waals surface area contributed by atoms with Gasteiger partial charge in [-0.25, -0.2) is 4.79 Å². The van der Waals surface area contributed by atoms with E-state index >= 15 is 0 Å². The summed E-state index contributed by atoms with van der Waals surface area (Å²) in [5.41, 5.74) is 4.78. The molecule has 0 spiro atoms.